The van der Waals surface area contributed by atoms with Crippen molar-refractivity contribution in [3.8, 4) is 5.75 Å². The predicted octanol–water partition coefficient (Wildman–Crippen LogP) is 5.35. The molecule has 1 aromatic rings. The van der Waals surface area contributed by atoms with Gasteiger partial charge in [-0.2, -0.15) is 0 Å². The first-order chi connectivity index (χ1) is 10.1. The first-order valence-corrected chi connectivity index (χ1v) is 9.69. The second-order valence-electron chi connectivity index (χ2n) is 7.57. The molecule has 0 saturated heterocycles. The first-order valence-electron chi connectivity index (χ1n) is 8.44. The Kier molecular flexibility index (Phi) is 3.51. The van der Waals surface area contributed by atoms with Gasteiger partial charge in [-0.25, -0.2) is 0 Å². The van der Waals surface area contributed by atoms with Crippen LogP contribution in [0.5, 0.6) is 5.75 Å². The topological polar surface area (TPSA) is 9.23 Å². The highest BCUT2D eigenvalue weighted by molar-refractivity contribution is 14.1. The van der Waals surface area contributed by atoms with Crippen LogP contribution < -0.4 is 4.74 Å². The predicted molar refractivity (Wildman–Crippen MR) is 95.4 cm³/mol. The van der Waals surface area contributed by atoms with E-state index in [-0.39, 0.29) is 0 Å². The maximum Gasteiger partial charge on any atom is 0.119 e. The second-order valence-corrected chi connectivity index (χ2v) is 9.07. The van der Waals surface area contributed by atoms with Gasteiger partial charge in [-0.3, -0.25) is 0 Å². The van der Waals surface area contributed by atoms with E-state index in [4.69, 9.17) is 4.74 Å². The standard InChI is InChI=1S/C19H25IO/c1-19-10-9-15-14-6-4-13(21-2)11-12(14)3-5-16(15)17(19)7-8-18(19)20/h4,6,11,15-18H,3,5,7-10H2,1-2H3/t15?,16-,17+,18+,19+/m0/s1. The highest BCUT2D eigenvalue weighted by Gasteiger charge is 2.53. The lowest BCUT2D eigenvalue weighted by atomic mass is 9.56. The van der Waals surface area contributed by atoms with E-state index in [1.54, 1.807) is 18.2 Å². The molecule has 21 heavy (non-hydrogen) atoms. The van der Waals surface area contributed by atoms with Gasteiger partial charge in [-0.1, -0.05) is 35.6 Å². The van der Waals surface area contributed by atoms with E-state index in [1.165, 1.54) is 38.5 Å². The van der Waals surface area contributed by atoms with Crippen molar-refractivity contribution in [2.24, 2.45) is 17.3 Å². The monoisotopic (exact) mass is 396 g/mol. The van der Waals surface area contributed by atoms with Crippen molar-refractivity contribution >= 4 is 22.6 Å². The minimum atomic E-state index is 0.617. The van der Waals surface area contributed by atoms with E-state index in [9.17, 15) is 0 Å². The fraction of sp³-hybridized carbons (Fsp3) is 0.684. The van der Waals surface area contributed by atoms with Crippen LogP contribution in [0.2, 0.25) is 0 Å². The van der Waals surface area contributed by atoms with E-state index in [0.717, 1.165) is 27.4 Å². The fourth-order valence-electron chi connectivity index (χ4n) is 5.62. The van der Waals surface area contributed by atoms with Crippen LogP contribution in [-0.2, 0) is 6.42 Å². The van der Waals surface area contributed by atoms with Gasteiger partial charge in [0, 0.05) is 3.92 Å². The Bertz CT molecular complexity index is 554. The second kappa shape index (κ2) is 5.14. The molecule has 0 radical (unpaired) electrons. The average Bonchev–Trinajstić information content (AvgIpc) is 2.82. The molecule has 2 saturated carbocycles. The summed E-state index contributed by atoms with van der Waals surface area (Å²) in [5, 5.41) is 0. The summed E-state index contributed by atoms with van der Waals surface area (Å²) in [7, 11) is 1.78. The number of hydrogen-bond acceptors (Lipinski definition) is 1. The van der Waals surface area contributed by atoms with Gasteiger partial charge in [0.1, 0.15) is 5.75 Å². The molecular weight excluding hydrogens is 371 g/mol. The summed E-state index contributed by atoms with van der Waals surface area (Å²) in [6.45, 7) is 2.58. The number of fused-ring (bicyclic) bond motifs is 5. The molecule has 0 bridgehead atoms. The Hall–Kier alpha value is -0.250. The van der Waals surface area contributed by atoms with Crippen molar-refractivity contribution in [3.05, 3.63) is 29.3 Å². The van der Waals surface area contributed by atoms with Crippen LogP contribution in [0.4, 0.5) is 0 Å². The van der Waals surface area contributed by atoms with Crippen LogP contribution >= 0.6 is 22.6 Å². The first kappa shape index (κ1) is 14.3. The van der Waals surface area contributed by atoms with Crippen molar-refractivity contribution in [1.29, 1.82) is 0 Å². The summed E-state index contributed by atoms with van der Waals surface area (Å²) in [6.07, 6.45) is 8.40. The molecule has 114 valence electrons. The summed E-state index contributed by atoms with van der Waals surface area (Å²) >= 11 is 2.74. The number of alkyl halides is 1. The lowest BCUT2D eigenvalue weighted by Gasteiger charge is -2.50. The molecule has 1 aromatic carbocycles. The molecule has 4 rings (SSSR count). The van der Waals surface area contributed by atoms with E-state index in [1.807, 2.05) is 0 Å². The summed E-state index contributed by atoms with van der Waals surface area (Å²) in [4.78, 5) is 0. The Morgan fingerprint density at radius 1 is 1.19 bits per heavy atom. The number of halogens is 1. The van der Waals surface area contributed by atoms with Crippen LogP contribution in [-0.4, -0.2) is 11.0 Å². The van der Waals surface area contributed by atoms with Crippen molar-refractivity contribution in [2.75, 3.05) is 7.11 Å². The van der Waals surface area contributed by atoms with Gasteiger partial charge in [-0.05, 0) is 85.0 Å². The maximum atomic E-state index is 5.41. The van der Waals surface area contributed by atoms with Crippen LogP contribution in [0.1, 0.15) is 56.1 Å². The molecule has 1 unspecified atom stereocenters. The zero-order valence-electron chi connectivity index (χ0n) is 13.1. The quantitative estimate of drug-likeness (QED) is 0.459. The highest BCUT2D eigenvalue weighted by atomic mass is 127. The molecular formula is C19H25IO. The van der Waals surface area contributed by atoms with Gasteiger partial charge in [0.2, 0.25) is 0 Å². The van der Waals surface area contributed by atoms with Crippen LogP contribution in [0.25, 0.3) is 0 Å². The largest absolute Gasteiger partial charge is 0.497 e. The molecule has 0 aromatic heterocycles. The molecule has 0 heterocycles. The van der Waals surface area contributed by atoms with E-state index >= 15 is 0 Å². The number of rotatable bonds is 1. The zero-order valence-corrected chi connectivity index (χ0v) is 15.2. The lowest BCUT2D eigenvalue weighted by molar-refractivity contribution is 0.0654. The molecule has 0 aliphatic heterocycles. The van der Waals surface area contributed by atoms with Gasteiger partial charge >= 0.3 is 0 Å². The zero-order chi connectivity index (χ0) is 14.6. The van der Waals surface area contributed by atoms with Gasteiger partial charge in [0.05, 0.1) is 7.11 Å². The normalized spacial score (nSPS) is 41.1. The maximum absolute atomic E-state index is 5.41. The summed E-state index contributed by atoms with van der Waals surface area (Å²) in [6, 6.07) is 6.82. The van der Waals surface area contributed by atoms with E-state index in [2.05, 4.69) is 47.7 Å². The highest BCUT2D eigenvalue weighted by Crippen LogP contribution is 2.62. The third-order valence-electron chi connectivity index (χ3n) is 6.82. The Balaban J connectivity index is 1.68. The molecule has 0 N–H and O–H groups in total. The fourth-order valence-corrected chi connectivity index (χ4v) is 6.75. The minimum Gasteiger partial charge on any atom is -0.497 e. The summed E-state index contributed by atoms with van der Waals surface area (Å²) in [5.74, 6) is 3.75. The molecule has 2 heteroatoms. The molecule has 1 nitrogen and oxygen atoms in total. The number of benzene rings is 1. The molecule has 3 aliphatic rings. The summed E-state index contributed by atoms with van der Waals surface area (Å²) in [5.41, 5.74) is 3.82. The smallest absolute Gasteiger partial charge is 0.119 e. The third kappa shape index (κ3) is 2.08. The number of ether oxygens (including phenoxy) is 1. The average molecular weight is 396 g/mol. The van der Waals surface area contributed by atoms with Gasteiger partial charge in [-0.15, -0.1) is 0 Å². The minimum absolute atomic E-state index is 0.617. The van der Waals surface area contributed by atoms with E-state index < -0.39 is 0 Å². The van der Waals surface area contributed by atoms with Gasteiger partial charge in [0.25, 0.3) is 0 Å². The SMILES string of the molecule is COc1ccc2c(c1)CC[C@H]1C2CC[C@@]2(C)[C@H](I)CC[C@H]12. The van der Waals surface area contributed by atoms with Crippen molar-refractivity contribution in [2.45, 2.75) is 55.3 Å². The van der Waals surface area contributed by atoms with E-state index in [0.29, 0.717) is 5.41 Å². The van der Waals surface area contributed by atoms with Gasteiger partial charge in [0.15, 0.2) is 0 Å². The summed E-state index contributed by atoms with van der Waals surface area (Å²) < 4.78 is 6.32. The Labute approximate surface area is 142 Å². The molecule has 0 spiro atoms. The number of aryl methyl sites for hydroxylation is 1. The third-order valence-corrected chi connectivity index (χ3v) is 8.86. The van der Waals surface area contributed by atoms with Gasteiger partial charge < -0.3 is 4.74 Å². The van der Waals surface area contributed by atoms with Crippen LogP contribution in [0.3, 0.4) is 0 Å². The van der Waals surface area contributed by atoms with Crippen molar-refractivity contribution in [1.82, 2.24) is 0 Å². The molecule has 3 aliphatic carbocycles. The van der Waals surface area contributed by atoms with Crippen LogP contribution in [0, 0.1) is 17.3 Å². The van der Waals surface area contributed by atoms with Crippen molar-refractivity contribution in [3.63, 3.8) is 0 Å². The number of methoxy groups -OCH3 is 1. The van der Waals surface area contributed by atoms with Crippen molar-refractivity contribution < 1.29 is 4.74 Å². The Morgan fingerprint density at radius 2 is 2.05 bits per heavy atom. The van der Waals surface area contributed by atoms with Crippen LogP contribution in [0.15, 0.2) is 18.2 Å². The number of hydrogen-bond donors (Lipinski definition) is 0. The molecule has 2 fully saturated rings. The Morgan fingerprint density at radius 3 is 2.86 bits per heavy atom. The lowest BCUT2D eigenvalue weighted by Crippen LogP contribution is -2.42. The molecule has 5 atom stereocenters. The molecule has 0 amide bonds.